The predicted octanol–water partition coefficient (Wildman–Crippen LogP) is 4.04. The SMILES string of the molecule is C/C=C/CCCCC/C=C/C=C\C(=O)OC[C@H](CO)OC(=O)C=C(C)C. The molecule has 5 heteroatoms. The smallest absolute Gasteiger partial charge is 0.331 e. The van der Waals surface area contributed by atoms with Gasteiger partial charge in [-0.25, -0.2) is 9.59 Å². The lowest BCUT2D eigenvalue weighted by atomic mass is 10.1. The Morgan fingerprint density at radius 2 is 1.69 bits per heavy atom. The highest BCUT2D eigenvalue weighted by Crippen LogP contribution is 2.04. The van der Waals surface area contributed by atoms with Gasteiger partial charge in [-0.05, 0) is 46.5 Å². The van der Waals surface area contributed by atoms with Gasteiger partial charge in [-0.3, -0.25) is 0 Å². The summed E-state index contributed by atoms with van der Waals surface area (Å²) in [6.07, 6.45) is 17.0. The number of allylic oxidation sites excluding steroid dienone is 6. The molecule has 0 amide bonds. The lowest BCUT2D eigenvalue weighted by Gasteiger charge is -2.14. The van der Waals surface area contributed by atoms with Gasteiger partial charge in [0.2, 0.25) is 0 Å². The summed E-state index contributed by atoms with van der Waals surface area (Å²) in [5.41, 5.74) is 0.788. The highest BCUT2D eigenvalue weighted by Gasteiger charge is 2.13. The number of carbonyl (C=O) groups is 2. The van der Waals surface area contributed by atoms with Crippen LogP contribution in [0.5, 0.6) is 0 Å². The van der Waals surface area contributed by atoms with Crippen LogP contribution in [0, 0.1) is 0 Å². The number of esters is 2. The average Bonchev–Trinajstić information content (AvgIpc) is 2.59. The van der Waals surface area contributed by atoms with Crippen LogP contribution in [0.3, 0.4) is 0 Å². The Balaban J connectivity index is 3.94. The molecule has 0 aromatic heterocycles. The summed E-state index contributed by atoms with van der Waals surface area (Å²) in [7, 11) is 0. The number of aliphatic hydroxyl groups is 1. The van der Waals surface area contributed by atoms with Crippen LogP contribution in [-0.2, 0) is 19.1 Å². The standard InChI is InChI=1S/C21H32O5/c1-4-5-6-7-8-9-10-11-12-13-14-20(23)25-17-19(16-22)26-21(24)15-18(2)3/h4-5,11-15,19,22H,6-10,16-17H2,1-3H3/b5-4+,12-11+,14-13-/t19-/m0/s1. The second kappa shape index (κ2) is 16.3. The summed E-state index contributed by atoms with van der Waals surface area (Å²) in [5.74, 6) is -1.11. The molecule has 0 aromatic carbocycles. The first-order chi connectivity index (χ1) is 12.5. The average molecular weight is 364 g/mol. The van der Waals surface area contributed by atoms with E-state index in [-0.39, 0.29) is 6.61 Å². The third-order valence-electron chi connectivity index (χ3n) is 3.26. The summed E-state index contributed by atoms with van der Waals surface area (Å²) in [5, 5.41) is 9.16. The zero-order valence-corrected chi connectivity index (χ0v) is 16.1. The lowest BCUT2D eigenvalue weighted by Crippen LogP contribution is -2.27. The van der Waals surface area contributed by atoms with Crippen LogP contribution >= 0.6 is 0 Å². The first kappa shape index (κ1) is 23.9. The molecule has 0 aliphatic rings. The Morgan fingerprint density at radius 1 is 1.00 bits per heavy atom. The molecule has 0 fully saturated rings. The molecule has 0 unspecified atom stereocenters. The van der Waals surface area contributed by atoms with E-state index in [0.717, 1.165) is 24.8 Å². The van der Waals surface area contributed by atoms with Crippen LogP contribution in [-0.4, -0.2) is 36.4 Å². The van der Waals surface area contributed by atoms with Crippen LogP contribution in [0.25, 0.3) is 0 Å². The number of rotatable bonds is 13. The maximum atomic E-state index is 11.6. The van der Waals surface area contributed by atoms with E-state index in [2.05, 4.69) is 12.2 Å². The van der Waals surface area contributed by atoms with Crippen molar-refractivity contribution in [3.05, 3.63) is 48.1 Å². The fourth-order valence-electron chi connectivity index (χ4n) is 1.96. The minimum atomic E-state index is -0.867. The van der Waals surface area contributed by atoms with Gasteiger partial charge in [0.1, 0.15) is 6.61 Å². The minimum Gasteiger partial charge on any atom is -0.458 e. The van der Waals surface area contributed by atoms with Crippen molar-refractivity contribution in [1.29, 1.82) is 0 Å². The van der Waals surface area contributed by atoms with E-state index in [9.17, 15) is 9.59 Å². The van der Waals surface area contributed by atoms with Crippen molar-refractivity contribution in [2.24, 2.45) is 0 Å². The Hall–Kier alpha value is -2.14. The quantitative estimate of drug-likeness (QED) is 0.176. The third kappa shape index (κ3) is 15.4. The Kier molecular flexibility index (Phi) is 15.0. The van der Waals surface area contributed by atoms with Gasteiger partial charge in [0.05, 0.1) is 6.61 Å². The molecule has 0 heterocycles. The lowest BCUT2D eigenvalue weighted by molar-refractivity contribution is -0.155. The zero-order valence-electron chi connectivity index (χ0n) is 16.1. The van der Waals surface area contributed by atoms with Crippen molar-refractivity contribution >= 4 is 11.9 Å². The first-order valence-corrected chi connectivity index (χ1v) is 9.07. The summed E-state index contributed by atoms with van der Waals surface area (Å²) in [4.78, 5) is 23.0. The molecule has 0 rings (SSSR count). The van der Waals surface area contributed by atoms with Gasteiger partial charge in [0, 0.05) is 12.2 Å². The van der Waals surface area contributed by atoms with E-state index in [4.69, 9.17) is 14.6 Å². The topological polar surface area (TPSA) is 72.8 Å². The number of hydrogen-bond acceptors (Lipinski definition) is 5. The molecule has 26 heavy (non-hydrogen) atoms. The van der Waals surface area contributed by atoms with Crippen molar-refractivity contribution in [2.75, 3.05) is 13.2 Å². The van der Waals surface area contributed by atoms with Gasteiger partial charge in [-0.15, -0.1) is 0 Å². The van der Waals surface area contributed by atoms with Crippen LogP contribution in [0.15, 0.2) is 48.1 Å². The molecular weight excluding hydrogens is 332 g/mol. The number of aliphatic hydroxyl groups excluding tert-OH is 1. The molecule has 0 aliphatic heterocycles. The van der Waals surface area contributed by atoms with Crippen LogP contribution < -0.4 is 0 Å². The number of hydrogen-bond donors (Lipinski definition) is 1. The predicted molar refractivity (Wildman–Crippen MR) is 104 cm³/mol. The van der Waals surface area contributed by atoms with Gasteiger partial charge < -0.3 is 14.6 Å². The van der Waals surface area contributed by atoms with Crippen LogP contribution in [0.2, 0.25) is 0 Å². The number of ether oxygens (including phenoxy) is 2. The Bertz CT molecular complexity index is 510. The van der Waals surface area contributed by atoms with Crippen LogP contribution in [0.1, 0.15) is 52.9 Å². The largest absolute Gasteiger partial charge is 0.458 e. The zero-order chi connectivity index (χ0) is 19.6. The first-order valence-electron chi connectivity index (χ1n) is 9.07. The number of unbranched alkanes of at least 4 members (excludes halogenated alkanes) is 4. The summed E-state index contributed by atoms with van der Waals surface area (Å²) >= 11 is 0. The molecule has 0 aromatic rings. The van der Waals surface area contributed by atoms with E-state index in [1.54, 1.807) is 19.9 Å². The fraction of sp³-hybridized carbons (Fsp3) is 0.524. The highest BCUT2D eigenvalue weighted by atomic mass is 16.6. The van der Waals surface area contributed by atoms with E-state index in [1.807, 2.05) is 19.1 Å². The summed E-state index contributed by atoms with van der Waals surface area (Å²) in [6, 6.07) is 0. The molecule has 1 N–H and O–H groups in total. The second-order valence-electron chi connectivity index (χ2n) is 6.09. The van der Waals surface area contributed by atoms with E-state index in [0.29, 0.717) is 0 Å². The van der Waals surface area contributed by atoms with Crippen molar-refractivity contribution < 1.29 is 24.2 Å². The minimum absolute atomic E-state index is 0.183. The third-order valence-corrected chi connectivity index (χ3v) is 3.26. The summed E-state index contributed by atoms with van der Waals surface area (Å²) in [6.45, 7) is 4.96. The number of carbonyl (C=O) groups excluding carboxylic acids is 2. The molecule has 0 bridgehead atoms. The van der Waals surface area contributed by atoms with Gasteiger partial charge >= 0.3 is 11.9 Å². The maximum absolute atomic E-state index is 11.6. The van der Waals surface area contributed by atoms with E-state index >= 15 is 0 Å². The molecule has 0 saturated heterocycles. The molecule has 1 atom stereocenters. The van der Waals surface area contributed by atoms with Crippen molar-refractivity contribution in [1.82, 2.24) is 0 Å². The molecule has 0 radical (unpaired) electrons. The van der Waals surface area contributed by atoms with Crippen LogP contribution in [0.4, 0.5) is 0 Å². The molecule has 146 valence electrons. The highest BCUT2D eigenvalue weighted by molar-refractivity contribution is 5.83. The van der Waals surface area contributed by atoms with E-state index < -0.39 is 24.6 Å². The monoisotopic (exact) mass is 364 g/mol. The van der Waals surface area contributed by atoms with Gasteiger partial charge in [-0.1, -0.05) is 42.4 Å². The van der Waals surface area contributed by atoms with E-state index in [1.165, 1.54) is 25.0 Å². The van der Waals surface area contributed by atoms with Crippen molar-refractivity contribution in [2.45, 2.75) is 59.0 Å². The Morgan fingerprint density at radius 3 is 2.31 bits per heavy atom. The molecule has 0 saturated carbocycles. The Labute approximate surface area is 157 Å². The van der Waals surface area contributed by atoms with Crippen molar-refractivity contribution in [3.63, 3.8) is 0 Å². The van der Waals surface area contributed by atoms with Crippen molar-refractivity contribution in [3.8, 4) is 0 Å². The van der Waals surface area contributed by atoms with Gasteiger partial charge in [0.25, 0.3) is 0 Å². The fourth-order valence-corrected chi connectivity index (χ4v) is 1.96. The molecule has 0 spiro atoms. The van der Waals surface area contributed by atoms with Gasteiger partial charge in [-0.2, -0.15) is 0 Å². The summed E-state index contributed by atoms with van der Waals surface area (Å²) < 4.78 is 9.94. The second-order valence-corrected chi connectivity index (χ2v) is 6.09. The maximum Gasteiger partial charge on any atom is 0.331 e. The molecular formula is C21H32O5. The normalized spacial score (nSPS) is 12.6. The molecule has 0 aliphatic carbocycles. The molecule has 5 nitrogen and oxygen atoms in total. The van der Waals surface area contributed by atoms with Gasteiger partial charge in [0.15, 0.2) is 6.10 Å².